The third-order valence-corrected chi connectivity index (χ3v) is 5.93. The van der Waals surface area contributed by atoms with E-state index in [1.54, 1.807) is 6.07 Å². The van der Waals surface area contributed by atoms with Gasteiger partial charge in [-0.1, -0.05) is 29.8 Å². The summed E-state index contributed by atoms with van der Waals surface area (Å²) in [5, 5.41) is 3.56. The van der Waals surface area contributed by atoms with E-state index in [0.717, 1.165) is 24.9 Å². The maximum Gasteiger partial charge on any atom is 0.154 e. The number of piperidine rings is 1. The van der Waals surface area contributed by atoms with Crippen LogP contribution in [0, 0.1) is 0 Å². The Morgan fingerprint density at radius 3 is 2.78 bits per heavy atom. The molecule has 0 aromatic heterocycles. The molecule has 2 rings (SSSR count). The van der Waals surface area contributed by atoms with Crippen molar-refractivity contribution in [1.82, 2.24) is 5.32 Å². The maximum atomic E-state index is 12.2. The summed E-state index contributed by atoms with van der Waals surface area (Å²) in [4.78, 5) is 0. The minimum atomic E-state index is -3.02. The predicted molar refractivity (Wildman–Crippen MR) is 74.8 cm³/mol. The molecule has 5 heteroatoms. The quantitative estimate of drug-likeness (QED) is 0.922. The Morgan fingerprint density at radius 1 is 1.33 bits per heavy atom. The van der Waals surface area contributed by atoms with Gasteiger partial charge in [-0.25, -0.2) is 8.42 Å². The van der Waals surface area contributed by atoms with E-state index in [1.807, 2.05) is 18.2 Å². The largest absolute Gasteiger partial charge is 0.315 e. The second-order valence-electron chi connectivity index (χ2n) is 4.68. The second kappa shape index (κ2) is 6.04. The highest BCUT2D eigenvalue weighted by Crippen LogP contribution is 2.18. The first-order valence-corrected chi connectivity index (χ1v) is 8.34. The van der Waals surface area contributed by atoms with Crippen LogP contribution in [0.1, 0.15) is 18.4 Å². The highest BCUT2D eigenvalue weighted by molar-refractivity contribution is 7.92. The molecule has 0 radical (unpaired) electrons. The minimum Gasteiger partial charge on any atom is -0.315 e. The van der Waals surface area contributed by atoms with E-state index in [-0.39, 0.29) is 11.0 Å². The summed E-state index contributed by atoms with van der Waals surface area (Å²) in [6.45, 7) is 1.52. The molecule has 0 saturated carbocycles. The molecule has 1 aliphatic rings. The Balaban J connectivity index is 1.98. The summed E-state index contributed by atoms with van der Waals surface area (Å²) in [5.41, 5.74) is 0.909. The average Bonchev–Trinajstić information content (AvgIpc) is 2.39. The molecule has 1 saturated heterocycles. The van der Waals surface area contributed by atoms with Crippen molar-refractivity contribution in [2.45, 2.75) is 24.5 Å². The number of halogens is 1. The molecule has 1 aliphatic heterocycles. The van der Waals surface area contributed by atoms with Gasteiger partial charge in [0.25, 0.3) is 0 Å². The van der Waals surface area contributed by atoms with Gasteiger partial charge in [0.15, 0.2) is 9.84 Å². The molecule has 0 aliphatic carbocycles. The molecule has 0 bridgehead atoms. The molecule has 0 spiro atoms. The number of sulfone groups is 1. The molecule has 1 fully saturated rings. The fourth-order valence-electron chi connectivity index (χ4n) is 2.25. The zero-order chi connectivity index (χ0) is 13.0. The Labute approximate surface area is 113 Å². The summed E-state index contributed by atoms with van der Waals surface area (Å²) in [6.07, 6.45) is 2.21. The molecule has 1 atom stereocenters. The third kappa shape index (κ3) is 3.46. The predicted octanol–water partition coefficient (Wildman–Crippen LogP) is 2.05. The summed E-state index contributed by atoms with van der Waals surface area (Å²) in [7, 11) is -3.02. The van der Waals surface area contributed by atoms with Gasteiger partial charge in [-0.2, -0.15) is 0 Å². The molecule has 1 aromatic carbocycles. The van der Waals surface area contributed by atoms with E-state index < -0.39 is 9.84 Å². The van der Waals surface area contributed by atoms with Crippen molar-refractivity contribution >= 4 is 21.4 Å². The SMILES string of the molecule is O=S(=O)(CCc1ccccc1Cl)C1CCCNC1. The van der Waals surface area contributed by atoms with E-state index in [1.165, 1.54) is 0 Å². The summed E-state index contributed by atoms with van der Waals surface area (Å²) in [5.74, 6) is 0.184. The molecule has 1 heterocycles. The molecule has 1 aromatic rings. The fourth-order valence-corrected chi connectivity index (χ4v) is 4.21. The smallest absolute Gasteiger partial charge is 0.154 e. The molecular weight excluding hydrogens is 270 g/mol. The van der Waals surface area contributed by atoms with Crippen LogP contribution < -0.4 is 5.32 Å². The Hall–Kier alpha value is -0.580. The normalized spacial score (nSPS) is 20.8. The van der Waals surface area contributed by atoms with Gasteiger partial charge in [0.2, 0.25) is 0 Å². The van der Waals surface area contributed by atoms with E-state index in [2.05, 4.69) is 5.32 Å². The molecular formula is C13H18ClNO2S. The van der Waals surface area contributed by atoms with Crippen molar-refractivity contribution in [1.29, 1.82) is 0 Å². The minimum absolute atomic E-state index is 0.184. The molecule has 1 unspecified atom stereocenters. The van der Waals surface area contributed by atoms with Crippen LogP contribution in [-0.4, -0.2) is 32.5 Å². The molecule has 3 nitrogen and oxygen atoms in total. The number of aryl methyl sites for hydroxylation is 1. The molecule has 1 N–H and O–H groups in total. The Kier molecular flexibility index (Phi) is 4.65. The van der Waals surface area contributed by atoms with Gasteiger partial charge < -0.3 is 5.32 Å². The van der Waals surface area contributed by atoms with Crippen molar-refractivity contribution < 1.29 is 8.42 Å². The number of hydrogen-bond acceptors (Lipinski definition) is 3. The van der Waals surface area contributed by atoms with Crippen LogP contribution in [0.15, 0.2) is 24.3 Å². The van der Waals surface area contributed by atoms with E-state index >= 15 is 0 Å². The van der Waals surface area contributed by atoms with Gasteiger partial charge in [0.05, 0.1) is 11.0 Å². The van der Waals surface area contributed by atoms with Gasteiger partial charge in [0, 0.05) is 11.6 Å². The van der Waals surface area contributed by atoms with Crippen LogP contribution in [0.4, 0.5) is 0 Å². The Morgan fingerprint density at radius 2 is 2.11 bits per heavy atom. The monoisotopic (exact) mass is 287 g/mol. The lowest BCUT2D eigenvalue weighted by Crippen LogP contribution is -2.40. The summed E-state index contributed by atoms with van der Waals surface area (Å²) in [6, 6.07) is 7.42. The van der Waals surface area contributed by atoms with Crippen LogP contribution in [0.5, 0.6) is 0 Å². The lowest BCUT2D eigenvalue weighted by atomic mass is 10.2. The van der Waals surface area contributed by atoms with Gasteiger partial charge in [-0.15, -0.1) is 0 Å². The van der Waals surface area contributed by atoms with Crippen LogP contribution in [0.3, 0.4) is 0 Å². The number of nitrogens with one attached hydrogen (secondary N) is 1. The number of rotatable bonds is 4. The standard InChI is InChI=1S/C13H18ClNO2S/c14-13-6-2-1-4-11(13)7-9-18(16,17)12-5-3-8-15-10-12/h1-2,4,6,12,15H,3,5,7-10H2. The van der Waals surface area contributed by atoms with Gasteiger partial charge in [-0.3, -0.25) is 0 Å². The Bertz CT molecular complexity index is 495. The lowest BCUT2D eigenvalue weighted by Gasteiger charge is -2.22. The van der Waals surface area contributed by atoms with Crippen LogP contribution in [-0.2, 0) is 16.3 Å². The van der Waals surface area contributed by atoms with E-state index in [4.69, 9.17) is 11.6 Å². The van der Waals surface area contributed by atoms with E-state index in [0.29, 0.717) is 18.0 Å². The summed E-state index contributed by atoms with van der Waals surface area (Å²) >= 11 is 6.03. The van der Waals surface area contributed by atoms with Crippen molar-refractivity contribution in [3.05, 3.63) is 34.9 Å². The molecule has 100 valence electrons. The van der Waals surface area contributed by atoms with Crippen molar-refractivity contribution in [3.8, 4) is 0 Å². The van der Waals surface area contributed by atoms with Gasteiger partial charge >= 0.3 is 0 Å². The van der Waals surface area contributed by atoms with Gasteiger partial charge in [-0.05, 0) is 37.4 Å². The first-order valence-electron chi connectivity index (χ1n) is 6.25. The number of hydrogen-bond donors (Lipinski definition) is 1. The van der Waals surface area contributed by atoms with Gasteiger partial charge in [0.1, 0.15) is 0 Å². The van der Waals surface area contributed by atoms with E-state index in [9.17, 15) is 8.42 Å². The summed E-state index contributed by atoms with van der Waals surface area (Å²) < 4.78 is 24.4. The van der Waals surface area contributed by atoms with Crippen LogP contribution in [0.25, 0.3) is 0 Å². The van der Waals surface area contributed by atoms with Crippen molar-refractivity contribution in [2.75, 3.05) is 18.8 Å². The first-order chi connectivity index (χ1) is 8.59. The van der Waals surface area contributed by atoms with Crippen molar-refractivity contribution in [3.63, 3.8) is 0 Å². The molecule has 18 heavy (non-hydrogen) atoms. The highest BCUT2D eigenvalue weighted by atomic mass is 35.5. The van der Waals surface area contributed by atoms with Crippen LogP contribution >= 0.6 is 11.6 Å². The zero-order valence-corrected chi connectivity index (χ0v) is 11.8. The first kappa shape index (κ1) is 13.8. The second-order valence-corrected chi connectivity index (χ2v) is 7.48. The average molecular weight is 288 g/mol. The highest BCUT2D eigenvalue weighted by Gasteiger charge is 2.26. The lowest BCUT2D eigenvalue weighted by molar-refractivity contribution is 0.496. The zero-order valence-electron chi connectivity index (χ0n) is 10.2. The van der Waals surface area contributed by atoms with Crippen LogP contribution in [0.2, 0.25) is 5.02 Å². The van der Waals surface area contributed by atoms with Crippen molar-refractivity contribution in [2.24, 2.45) is 0 Å². The fraction of sp³-hybridized carbons (Fsp3) is 0.538. The maximum absolute atomic E-state index is 12.2. The number of benzene rings is 1. The third-order valence-electron chi connectivity index (χ3n) is 3.37. The topological polar surface area (TPSA) is 46.2 Å². The molecule has 0 amide bonds.